The molecule has 0 N–H and O–H groups in total. The van der Waals surface area contributed by atoms with Crippen molar-refractivity contribution in [3.05, 3.63) is 60.7 Å². The molecular weight excluding hydrogens is 247 g/mol. The second kappa shape index (κ2) is 6.35. The fourth-order valence-corrected chi connectivity index (χ4v) is 6.10. The Morgan fingerprint density at radius 2 is 1.11 bits per heavy atom. The first-order chi connectivity index (χ1) is 9.45. The summed E-state index contributed by atoms with van der Waals surface area (Å²) in [6.07, 6.45) is 7.10. The monoisotopic (exact) mass is 268 g/mol. The van der Waals surface area contributed by atoms with Gasteiger partial charge in [-0.2, -0.15) is 0 Å². The van der Waals surface area contributed by atoms with Gasteiger partial charge >= 0.3 is 0 Å². The van der Waals surface area contributed by atoms with Crippen molar-refractivity contribution in [1.82, 2.24) is 0 Å². The molecule has 0 heterocycles. The number of hydrogen-bond acceptors (Lipinski definition) is 0. The molecule has 0 atom stereocenters. The van der Waals surface area contributed by atoms with Crippen molar-refractivity contribution < 1.29 is 0 Å². The fourth-order valence-electron chi connectivity index (χ4n) is 3.09. The molecule has 3 rings (SSSR count). The average Bonchev–Trinajstić information content (AvgIpc) is 2.51. The molecule has 1 saturated carbocycles. The Hall–Kier alpha value is -1.13. The summed E-state index contributed by atoms with van der Waals surface area (Å²) in [5, 5.41) is 3.10. The standard InChI is InChI=1S/C18H21P/c1-4-10-16(11-5-1)19(17-12-6-2-7-13-17)18-14-8-3-9-15-18/h1-2,4-7,10-13,18H,3,8-9,14-15H2. The molecule has 0 aromatic heterocycles. The van der Waals surface area contributed by atoms with Gasteiger partial charge in [0.15, 0.2) is 0 Å². The molecule has 98 valence electrons. The second-order valence-corrected chi connectivity index (χ2v) is 7.84. The van der Waals surface area contributed by atoms with Crippen molar-refractivity contribution in [3.63, 3.8) is 0 Å². The van der Waals surface area contributed by atoms with E-state index in [9.17, 15) is 0 Å². The molecule has 1 heteroatoms. The number of hydrogen-bond donors (Lipinski definition) is 0. The van der Waals surface area contributed by atoms with Crippen LogP contribution in [0, 0.1) is 0 Å². The Labute approximate surface area is 117 Å². The zero-order valence-corrected chi connectivity index (χ0v) is 12.2. The van der Waals surface area contributed by atoms with Crippen LogP contribution in [0.1, 0.15) is 32.1 Å². The Kier molecular flexibility index (Phi) is 4.30. The van der Waals surface area contributed by atoms with Crippen LogP contribution >= 0.6 is 7.92 Å². The molecule has 19 heavy (non-hydrogen) atoms. The Bertz CT molecular complexity index is 446. The zero-order chi connectivity index (χ0) is 12.9. The summed E-state index contributed by atoms with van der Waals surface area (Å²) in [5.41, 5.74) is 0.883. The van der Waals surface area contributed by atoms with Crippen LogP contribution in [-0.4, -0.2) is 5.66 Å². The lowest BCUT2D eigenvalue weighted by Crippen LogP contribution is -2.23. The van der Waals surface area contributed by atoms with Crippen molar-refractivity contribution >= 4 is 18.5 Å². The molecule has 1 aliphatic rings. The first kappa shape index (κ1) is 12.9. The number of benzene rings is 2. The maximum Gasteiger partial charge on any atom is -0.0129 e. The van der Waals surface area contributed by atoms with Gasteiger partial charge in [0, 0.05) is 0 Å². The first-order valence-corrected chi connectivity index (χ1v) is 8.75. The molecular formula is C18H21P. The van der Waals surface area contributed by atoms with Gasteiger partial charge < -0.3 is 0 Å². The van der Waals surface area contributed by atoms with E-state index in [0.717, 1.165) is 5.66 Å². The Balaban J connectivity index is 1.96. The maximum absolute atomic E-state index is 2.33. The highest BCUT2D eigenvalue weighted by Crippen LogP contribution is 2.45. The van der Waals surface area contributed by atoms with Crippen LogP contribution < -0.4 is 10.6 Å². The normalized spacial score (nSPS) is 16.7. The van der Waals surface area contributed by atoms with E-state index in [1.54, 1.807) is 10.6 Å². The van der Waals surface area contributed by atoms with Crippen LogP contribution in [0.2, 0.25) is 0 Å². The van der Waals surface area contributed by atoms with Crippen LogP contribution in [0.5, 0.6) is 0 Å². The zero-order valence-electron chi connectivity index (χ0n) is 11.3. The van der Waals surface area contributed by atoms with E-state index in [0.29, 0.717) is 0 Å². The van der Waals surface area contributed by atoms with Gasteiger partial charge in [0.2, 0.25) is 0 Å². The third-order valence-electron chi connectivity index (χ3n) is 4.01. The van der Waals surface area contributed by atoms with Crippen LogP contribution in [0.15, 0.2) is 60.7 Å². The summed E-state index contributed by atoms with van der Waals surface area (Å²) in [4.78, 5) is 0. The van der Waals surface area contributed by atoms with E-state index in [4.69, 9.17) is 0 Å². The van der Waals surface area contributed by atoms with Crippen molar-refractivity contribution in [2.24, 2.45) is 0 Å². The number of rotatable bonds is 3. The van der Waals surface area contributed by atoms with E-state index in [-0.39, 0.29) is 7.92 Å². The van der Waals surface area contributed by atoms with Gasteiger partial charge in [0.1, 0.15) is 0 Å². The van der Waals surface area contributed by atoms with E-state index in [1.807, 2.05) is 0 Å². The molecule has 0 bridgehead atoms. The molecule has 0 unspecified atom stereocenters. The third-order valence-corrected chi connectivity index (χ3v) is 6.96. The summed E-state index contributed by atoms with van der Waals surface area (Å²) in [5.74, 6) is 0. The minimum absolute atomic E-state index is 0.169. The molecule has 0 spiro atoms. The smallest absolute Gasteiger partial charge is 0.0129 e. The highest BCUT2D eigenvalue weighted by molar-refractivity contribution is 7.73. The summed E-state index contributed by atoms with van der Waals surface area (Å²) in [6.45, 7) is 0. The molecule has 0 saturated heterocycles. The molecule has 0 aliphatic heterocycles. The van der Waals surface area contributed by atoms with Crippen molar-refractivity contribution in [2.45, 2.75) is 37.8 Å². The van der Waals surface area contributed by atoms with Crippen LogP contribution in [0.25, 0.3) is 0 Å². The van der Waals surface area contributed by atoms with Crippen molar-refractivity contribution in [1.29, 1.82) is 0 Å². The SMILES string of the molecule is c1ccc(P(c2ccccc2)C2CCCCC2)cc1. The summed E-state index contributed by atoms with van der Waals surface area (Å²) in [6, 6.07) is 22.3. The largest absolute Gasteiger partial charge is 0.0622 e. The summed E-state index contributed by atoms with van der Waals surface area (Å²) < 4.78 is 0. The average molecular weight is 268 g/mol. The van der Waals surface area contributed by atoms with Gasteiger partial charge in [-0.1, -0.05) is 79.9 Å². The molecule has 1 fully saturated rings. The lowest BCUT2D eigenvalue weighted by Gasteiger charge is -2.31. The van der Waals surface area contributed by atoms with Gasteiger partial charge in [0.25, 0.3) is 0 Å². The van der Waals surface area contributed by atoms with E-state index >= 15 is 0 Å². The van der Waals surface area contributed by atoms with Gasteiger partial charge in [-0.3, -0.25) is 0 Å². The van der Waals surface area contributed by atoms with E-state index in [2.05, 4.69) is 60.7 Å². The molecule has 0 radical (unpaired) electrons. The van der Waals surface area contributed by atoms with Crippen molar-refractivity contribution in [3.8, 4) is 0 Å². The maximum atomic E-state index is 2.33. The quantitative estimate of drug-likeness (QED) is 0.721. The molecule has 2 aromatic rings. The molecule has 0 nitrogen and oxygen atoms in total. The van der Waals surface area contributed by atoms with Gasteiger partial charge in [-0.05, 0) is 37.0 Å². The first-order valence-electron chi connectivity index (χ1n) is 7.34. The topological polar surface area (TPSA) is 0 Å². The lowest BCUT2D eigenvalue weighted by molar-refractivity contribution is 0.513. The van der Waals surface area contributed by atoms with Crippen molar-refractivity contribution in [2.75, 3.05) is 0 Å². The Morgan fingerprint density at radius 1 is 0.632 bits per heavy atom. The van der Waals surface area contributed by atoms with Gasteiger partial charge in [-0.25, -0.2) is 0 Å². The molecule has 1 aliphatic carbocycles. The van der Waals surface area contributed by atoms with E-state index in [1.165, 1.54) is 32.1 Å². The highest BCUT2D eigenvalue weighted by atomic mass is 31.1. The van der Waals surface area contributed by atoms with Crippen LogP contribution in [0.3, 0.4) is 0 Å². The van der Waals surface area contributed by atoms with E-state index < -0.39 is 0 Å². The third kappa shape index (κ3) is 3.07. The van der Waals surface area contributed by atoms with Crippen LogP contribution in [-0.2, 0) is 0 Å². The van der Waals surface area contributed by atoms with Gasteiger partial charge in [-0.15, -0.1) is 0 Å². The predicted molar refractivity (Wildman–Crippen MR) is 85.9 cm³/mol. The highest BCUT2D eigenvalue weighted by Gasteiger charge is 2.25. The minimum atomic E-state index is -0.169. The molecule has 2 aromatic carbocycles. The minimum Gasteiger partial charge on any atom is -0.0622 e. The predicted octanol–water partition coefficient (Wildman–Crippen LogP) is 4.45. The fraction of sp³-hybridized carbons (Fsp3) is 0.333. The second-order valence-electron chi connectivity index (χ2n) is 5.33. The Morgan fingerprint density at radius 3 is 1.58 bits per heavy atom. The molecule has 0 amide bonds. The lowest BCUT2D eigenvalue weighted by atomic mass is 10.0. The van der Waals surface area contributed by atoms with Gasteiger partial charge in [0.05, 0.1) is 0 Å². The summed E-state index contributed by atoms with van der Waals surface area (Å²) >= 11 is 0. The van der Waals surface area contributed by atoms with Crippen LogP contribution in [0.4, 0.5) is 0 Å². The summed E-state index contributed by atoms with van der Waals surface area (Å²) in [7, 11) is -0.169.